The molecule has 1 aliphatic heterocycles. The quantitative estimate of drug-likeness (QED) is 0.737. The summed E-state index contributed by atoms with van der Waals surface area (Å²) in [6.45, 7) is 10.5. The van der Waals surface area contributed by atoms with Crippen LogP contribution in [0.5, 0.6) is 0 Å². The van der Waals surface area contributed by atoms with Crippen molar-refractivity contribution in [3.05, 3.63) is 61.2 Å². The molecule has 1 heterocycles. The van der Waals surface area contributed by atoms with Gasteiger partial charge in [-0.05, 0) is 25.0 Å². The lowest BCUT2D eigenvalue weighted by atomic mass is 10.0. The number of nitrogens with zero attached hydrogens (tertiary/aromatic N) is 2. The van der Waals surface area contributed by atoms with Gasteiger partial charge in [-0.3, -0.25) is 14.5 Å². The molecule has 0 unspecified atom stereocenters. The van der Waals surface area contributed by atoms with Crippen LogP contribution in [0.25, 0.3) is 0 Å². The third-order valence-corrected chi connectivity index (χ3v) is 4.37. The second kappa shape index (κ2) is 9.79. The second-order valence-corrected chi connectivity index (χ2v) is 6.27. The maximum Gasteiger partial charge on any atom is 0.251 e. The van der Waals surface area contributed by atoms with Gasteiger partial charge >= 0.3 is 0 Å². The molecule has 5 nitrogen and oxygen atoms in total. The van der Waals surface area contributed by atoms with Crippen molar-refractivity contribution in [1.82, 2.24) is 15.1 Å². The molecule has 0 aromatic heterocycles. The summed E-state index contributed by atoms with van der Waals surface area (Å²) in [7, 11) is 0. The molecule has 5 heteroatoms. The minimum absolute atomic E-state index is 0.0294. The minimum Gasteiger partial charge on any atom is -0.349 e. The van der Waals surface area contributed by atoms with E-state index in [1.54, 1.807) is 17.1 Å². The fraction of sp³-hybridized carbons (Fsp3) is 0.400. The van der Waals surface area contributed by atoms with Gasteiger partial charge in [-0.1, -0.05) is 30.4 Å². The molecule has 1 aromatic rings. The van der Waals surface area contributed by atoms with E-state index in [4.69, 9.17) is 0 Å². The predicted molar refractivity (Wildman–Crippen MR) is 100 cm³/mol. The van der Waals surface area contributed by atoms with Crippen LogP contribution in [0.3, 0.4) is 0 Å². The van der Waals surface area contributed by atoms with Crippen molar-refractivity contribution in [1.29, 1.82) is 0 Å². The van der Waals surface area contributed by atoms with Crippen LogP contribution in [-0.4, -0.2) is 60.4 Å². The Morgan fingerprint density at radius 1 is 1.12 bits per heavy atom. The molecule has 0 bridgehead atoms. The average molecular weight is 341 g/mol. The van der Waals surface area contributed by atoms with Crippen molar-refractivity contribution in [3.8, 4) is 0 Å². The van der Waals surface area contributed by atoms with Gasteiger partial charge in [0, 0.05) is 37.8 Å². The Bertz CT molecular complexity index is 582. The molecule has 1 saturated heterocycles. The Morgan fingerprint density at radius 2 is 1.72 bits per heavy atom. The fourth-order valence-corrected chi connectivity index (χ4v) is 2.97. The molecule has 2 rings (SSSR count). The van der Waals surface area contributed by atoms with E-state index in [9.17, 15) is 9.59 Å². The highest BCUT2D eigenvalue weighted by Crippen LogP contribution is 2.12. The van der Waals surface area contributed by atoms with Crippen molar-refractivity contribution < 1.29 is 9.59 Å². The average Bonchev–Trinajstić information content (AvgIpc) is 2.64. The molecule has 0 spiro atoms. The lowest BCUT2D eigenvalue weighted by Crippen LogP contribution is -2.48. The number of benzene rings is 1. The number of likely N-dealkylation sites (tertiary alicyclic amines) is 1. The van der Waals surface area contributed by atoms with Crippen LogP contribution in [0.2, 0.25) is 0 Å². The lowest BCUT2D eigenvalue weighted by Gasteiger charge is -2.33. The van der Waals surface area contributed by atoms with E-state index in [2.05, 4.69) is 23.4 Å². The first kappa shape index (κ1) is 18.9. The number of amides is 2. The molecule has 1 aromatic carbocycles. The predicted octanol–water partition coefficient (Wildman–Crippen LogP) is 2.08. The van der Waals surface area contributed by atoms with Crippen LogP contribution in [-0.2, 0) is 4.79 Å². The Kier molecular flexibility index (Phi) is 7.41. The Hall–Kier alpha value is -2.40. The second-order valence-electron chi connectivity index (χ2n) is 6.27. The molecular formula is C20H27N3O2. The van der Waals surface area contributed by atoms with Crippen molar-refractivity contribution in [3.63, 3.8) is 0 Å². The highest BCUT2D eigenvalue weighted by Gasteiger charge is 2.23. The lowest BCUT2D eigenvalue weighted by molar-refractivity contribution is -0.131. The van der Waals surface area contributed by atoms with Gasteiger partial charge in [-0.25, -0.2) is 0 Å². The Balaban J connectivity index is 1.77. The number of carbonyl (C=O) groups excluding carboxylic acids is 2. The van der Waals surface area contributed by atoms with Gasteiger partial charge in [0.1, 0.15) is 0 Å². The number of nitrogens with one attached hydrogen (secondary N) is 1. The van der Waals surface area contributed by atoms with Gasteiger partial charge in [0.25, 0.3) is 5.91 Å². The SMILES string of the molecule is C=CCN(CC=C)C(=O)CN1CCC(NC(=O)c2ccccc2)CC1. The van der Waals surface area contributed by atoms with E-state index in [1.165, 1.54) is 0 Å². The zero-order valence-electron chi connectivity index (χ0n) is 14.7. The summed E-state index contributed by atoms with van der Waals surface area (Å²) in [5.74, 6) is 0.0600. The largest absolute Gasteiger partial charge is 0.349 e. The number of hydrogen-bond acceptors (Lipinski definition) is 3. The molecule has 1 N–H and O–H groups in total. The molecule has 0 saturated carbocycles. The van der Waals surface area contributed by atoms with E-state index < -0.39 is 0 Å². The molecule has 1 fully saturated rings. The van der Waals surface area contributed by atoms with Gasteiger partial charge in [-0.2, -0.15) is 0 Å². The maximum atomic E-state index is 12.4. The zero-order valence-corrected chi connectivity index (χ0v) is 14.7. The summed E-state index contributed by atoms with van der Waals surface area (Å²) >= 11 is 0. The summed E-state index contributed by atoms with van der Waals surface area (Å²) in [4.78, 5) is 28.4. The first-order chi connectivity index (χ1) is 12.1. The van der Waals surface area contributed by atoms with Crippen LogP contribution in [0.4, 0.5) is 0 Å². The van der Waals surface area contributed by atoms with Gasteiger partial charge in [0.05, 0.1) is 6.54 Å². The molecule has 25 heavy (non-hydrogen) atoms. The number of piperidine rings is 1. The zero-order chi connectivity index (χ0) is 18.1. The molecule has 0 atom stereocenters. The summed E-state index contributed by atoms with van der Waals surface area (Å²) in [6.07, 6.45) is 5.17. The maximum absolute atomic E-state index is 12.4. The molecular weight excluding hydrogens is 314 g/mol. The minimum atomic E-state index is -0.0294. The smallest absolute Gasteiger partial charge is 0.251 e. The van der Waals surface area contributed by atoms with E-state index in [0.717, 1.165) is 25.9 Å². The van der Waals surface area contributed by atoms with E-state index >= 15 is 0 Å². The van der Waals surface area contributed by atoms with E-state index in [1.807, 2.05) is 30.3 Å². The standard InChI is InChI=1S/C20H27N3O2/c1-3-12-23(13-4-2)19(24)16-22-14-10-18(11-15-22)21-20(25)17-8-6-5-7-9-17/h3-9,18H,1-2,10-16H2,(H,21,25). The van der Waals surface area contributed by atoms with Crippen molar-refractivity contribution in [2.45, 2.75) is 18.9 Å². The van der Waals surface area contributed by atoms with Gasteiger partial charge in [-0.15, -0.1) is 13.2 Å². The third kappa shape index (κ3) is 5.87. The van der Waals surface area contributed by atoms with Crippen LogP contribution in [0.1, 0.15) is 23.2 Å². The molecule has 1 aliphatic rings. The van der Waals surface area contributed by atoms with Crippen molar-refractivity contribution in [2.75, 3.05) is 32.7 Å². The first-order valence-electron chi connectivity index (χ1n) is 8.72. The molecule has 0 radical (unpaired) electrons. The Morgan fingerprint density at radius 3 is 2.28 bits per heavy atom. The Labute approximate surface area is 150 Å². The number of carbonyl (C=O) groups is 2. The summed E-state index contributed by atoms with van der Waals surface area (Å²) in [5.41, 5.74) is 0.685. The first-order valence-corrected chi connectivity index (χ1v) is 8.72. The molecule has 0 aliphatic carbocycles. The topological polar surface area (TPSA) is 52.7 Å². The normalized spacial score (nSPS) is 15.4. The van der Waals surface area contributed by atoms with Crippen molar-refractivity contribution >= 4 is 11.8 Å². The van der Waals surface area contributed by atoms with Crippen molar-refractivity contribution in [2.24, 2.45) is 0 Å². The number of rotatable bonds is 8. The summed E-state index contributed by atoms with van der Waals surface area (Å²) in [5, 5.41) is 3.08. The highest BCUT2D eigenvalue weighted by atomic mass is 16.2. The molecule has 2 amide bonds. The van der Waals surface area contributed by atoms with Crippen LogP contribution < -0.4 is 5.32 Å². The highest BCUT2D eigenvalue weighted by molar-refractivity contribution is 5.94. The fourth-order valence-electron chi connectivity index (χ4n) is 2.97. The van der Waals surface area contributed by atoms with Crippen LogP contribution >= 0.6 is 0 Å². The van der Waals surface area contributed by atoms with E-state index in [-0.39, 0.29) is 17.9 Å². The summed E-state index contributed by atoms with van der Waals surface area (Å²) in [6, 6.07) is 9.42. The third-order valence-electron chi connectivity index (χ3n) is 4.37. The van der Waals surface area contributed by atoms with Gasteiger partial charge < -0.3 is 10.2 Å². The van der Waals surface area contributed by atoms with Crippen LogP contribution in [0.15, 0.2) is 55.6 Å². The van der Waals surface area contributed by atoms with E-state index in [0.29, 0.717) is 25.2 Å². The number of hydrogen-bond donors (Lipinski definition) is 1. The van der Waals surface area contributed by atoms with Crippen LogP contribution in [0, 0.1) is 0 Å². The van der Waals surface area contributed by atoms with Gasteiger partial charge in [0.15, 0.2) is 0 Å². The monoisotopic (exact) mass is 341 g/mol. The molecule has 134 valence electrons. The van der Waals surface area contributed by atoms with Gasteiger partial charge in [0.2, 0.25) is 5.91 Å². The summed E-state index contributed by atoms with van der Waals surface area (Å²) < 4.78 is 0.